The standard InChI is InChI=1S/C18H24N4O3.C5H12O/c1-13(24)22(16-5-7-21(12-23)8-6-16)17-4-2-3-14(9-17)18(25)20-15-10-19-11-15;1-5(2,3)6-4/h2-4,9,12,15-16,19H,5-8,10-11H2,1H3,(H,20,25);1-4H3. The number of benzene rings is 1. The minimum atomic E-state index is -0.118. The lowest BCUT2D eigenvalue weighted by Gasteiger charge is -2.37. The summed E-state index contributed by atoms with van der Waals surface area (Å²) in [4.78, 5) is 39.0. The molecule has 3 rings (SSSR count). The maximum atomic E-state index is 12.4. The van der Waals surface area contributed by atoms with Gasteiger partial charge in [-0.2, -0.15) is 0 Å². The van der Waals surface area contributed by atoms with Crippen molar-refractivity contribution in [2.75, 3.05) is 38.2 Å². The van der Waals surface area contributed by atoms with Crippen LogP contribution >= 0.6 is 0 Å². The van der Waals surface area contributed by atoms with Gasteiger partial charge in [-0.05, 0) is 51.8 Å². The van der Waals surface area contributed by atoms with Crippen LogP contribution in [0.15, 0.2) is 24.3 Å². The number of likely N-dealkylation sites (tertiary alicyclic amines) is 1. The maximum absolute atomic E-state index is 12.4. The summed E-state index contributed by atoms with van der Waals surface area (Å²) in [7, 11) is 1.71. The molecule has 0 bridgehead atoms. The number of piperidine rings is 1. The number of carbonyl (C=O) groups is 3. The average molecular weight is 433 g/mol. The Morgan fingerprint density at radius 2 is 1.84 bits per heavy atom. The molecule has 2 heterocycles. The molecule has 3 amide bonds. The van der Waals surface area contributed by atoms with Crippen molar-refractivity contribution in [3.05, 3.63) is 29.8 Å². The van der Waals surface area contributed by atoms with Crippen molar-refractivity contribution in [2.24, 2.45) is 0 Å². The van der Waals surface area contributed by atoms with Gasteiger partial charge in [0.25, 0.3) is 5.91 Å². The Morgan fingerprint density at radius 1 is 1.23 bits per heavy atom. The van der Waals surface area contributed by atoms with Gasteiger partial charge >= 0.3 is 0 Å². The number of anilines is 1. The summed E-state index contributed by atoms with van der Waals surface area (Å²) in [5.74, 6) is -0.169. The molecule has 0 spiro atoms. The Morgan fingerprint density at radius 3 is 2.29 bits per heavy atom. The quantitative estimate of drug-likeness (QED) is 0.693. The van der Waals surface area contributed by atoms with Gasteiger partial charge in [0, 0.05) is 57.5 Å². The number of rotatable bonds is 5. The van der Waals surface area contributed by atoms with Crippen LogP contribution in [-0.4, -0.2) is 74.1 Å². The molecule has 2 N–H and O–H groups in total. The molecule has 2 aliphatic heterocycles. The van der Waals surface area contributed by atoms with Crippen molar-refractivity contribution in [1.82, 2.24) is 15.5 Å². The van der Waals surface area contributed by atoms with Crippen LogP contribution in [0.4, 0.5) is 5.69 Å². The van der Waals surface area contributed by atoms with E-state index in [-0.39, 0.29) is 29.5 Å². The lowest BCUT2D eigenvalue weighted by molar-refractivity contribution is -0.119. The first kappa shape index (κ1) is 24.8. The lowest BCUT2D eigenvalue weighted by atomic mass is 10.0. The van der Waals surface area contributed by atoms with Crippen LogP contribution in [-0.2, 0) is 14.3 Å². The minimum absolute atomic E-state index is 0.0417. The van der Waals surface area contributed by atoms with E-state index in [0.717, 1.165) is 38.0 Å². The zero-order valence-electron chi connectivity index (χ0n) is 19.3. The second-order valence-corrected chi connectivity index (χ2v) is 8.96. The number of nitrogens with zero attached hydrogens (tertiary/aromatic N) is 2. The molecule has 8 nitrogen and oxygen atoms in total. The first-order valence-corrected chi connectivity index (χ1v) is 10.8. The summed E-state index contributed by atoms with van der Waals surface area (Å²) < 4.78 is 4.94. The average Bonchev–Trinajstić information content (AvgIpc) is 2.71. The lowest BCUT2D eigenvalue weighted by Crippen LogP contribution is -2.56. The van der Waals surface area contributed by atoms with Crippen molar-refractivity contribution >= 4 is 23.9 Å². The summed E-state index contributed by atoms with van der Waals surface area (Å²) in [6.07, 6.45) is 2.33. The molecule has 1 aromatic rings. The van der Waals surface area contributed by atoms with E-state index >= 15 is 0 Å². The van der Waals surface area contributed by atoms with E-state index in [9.17, 15) is 14.4 Å². The molecule has 172 valence electrons. The predicted molar refractivity (Wildman–Crippen MR) is 121 cm³/mol. The molecular formula is C23H36N4O4. The van der Waals surface area contributed by atoms with Crippen LogP contribution in [0.1, 0.15) is 50.9 Å². The molecule has 1 aromatic carbocycles. The van der Waals surface area contributed by atoms with E-state index in [1.807, 2.05) is 26.8 Å². The topological polar surface area (TPSA) is 91.0 Å². The number of ether oxygens (including phenoxy) is 1. The van der Waals surface area contributed by atoms with E-state index in [0.29, 0.717) is 18.7 Å². The van der Waals surface area contributed by atoms with Gasteiger partial charge in [0.2, 0.25) is 12.3 Å². The summed E-state index contributed by atoms with van der Waals surface area (Å²) in [6.45, 7) is 10.5. The zero-order valence-corrected chi connectivity index (χ0v) is 19.3. The Bertz CT molecular complexity index is 750. The molecule has 8 heteroatoms. The third-order valence-corrected chi connectivity index (χ3v) is 5.47. The van der Waals surface area contributed by atoms with Gasteiger partial charge in [-0.1, -0.05) is 6.07 Å². The molecule has 0 radical (unpaired) electrons. The smallest absolute Gasteiger partial charge is 0.251 e. The van der Waals surface area contributed by atoms with E-state index in [2.05, 4.69) is 10.6 Å². The van der Waals surface area contributed by atoms with Gasteiger partial charge in [-0.15, -0.1) is 0 Å². The Hall–Kier alpha value is -2.45. The molecule has 0 aliphatic carbocycles. The SMILES string of the molecule is CC(=O)N(c1cccc(C(=O)NC2CNC2)c1)C1CCN(C=O)CC1.COC(C)(C)C. The number of carbonyl (C=O) groups excluding carboxylic acids is 3. The highest BCUT2D eigenvalue weighted by molar-refractivity contribution is 5.98. The van der Waals surface area contributed by atoms with Crippen LogP contribution in [0.25, 0.3) is 0 Å². The monoisotopic (exact) mass is 432 g/mol. The second-order valence-electron chi connectivity index (χ2n) is 8.96. The van der Waals surface area contributed by atoms with E-state index < -0.39 is 0 Å². The van der Waals surface area contributed by atoms with Gasteiger partial charge < -0.3 is 25.2 Å². The third-order valence-electron chi connectivity index (χ3n) is 5.47. The minimum Gasteiger partial charge on any atom is -0.379 e. The molecule has 0 saturated carbocycles. The summed E-state index contributed by atoms with van der Waals surface area (Å²) in [6, 6.07) is 7.41. The van der Waals surface area contributed by atoms with E-state index in [1.165, 1.54) is 0 Å². The molecule has 0 atom stereocenters. The number of hydrogen-bond donors (Lipinski definition) is 2. The molecule has 31 heavy (non-hydrogen) atoms. The summed E-state index contributed by atoms with van der Waals surface area (Å²) in [5.41, 5.74) is 1.33. The fourth-order valence-electron chi connectivity index (χ4n) is 3.36. The van der Waals surface area contributed by atoms with Gasteiger partial charge in [0.05, 0.1) is 11.6 Å². The highest BCUT2D eigenvalue weighted by Gasteiger charge is 2.27. The number of methoxy groups -OCH3 is 1. The van der Waals surface area contributed by atoms with Crippen molar-refractivity contribution in [3.63, 3.8) is 0 Å². The fourth-order valence-corrected chi connectivity index (χ4v) is 3.36. The van der Waals surface area contributed by atoms with E-state index in [1.54, 1.807) is 42.0 Å². The first-order chi connectivity index (χ1) is 14.6. The van der Waals surface area contributed by atoms with Crippen LogP contribution in [0.5, 0.6) is 0 Å². The van der Waals surface area contributed by atoms with Crippen LogP contribution in [0.3, 0.4) is 0 Å². The molecule has 2 fully saturated rings. The van der Waals surface area contributed by atoms with Crippen molar-refractivity contribution in [3.8, 4) is 0 Å². The second kappa shape index (κ2) is 11.2. The molecular weight excluding hydrogens is 396 g/mol. The fraction of sp³-hybridized carbons (Fsp3) is 0.609. The summed E-state index contributed by atoms with van der Waals surface area (Å²) >= 11 is 0. The van der Waals surface area contributed by atoms with E-state index in [4.69, 9.17) is 4.74 Å². The number of nitrogens with one attached hydrogen (secondary N) is 2. The highest BCUT2D eigenvalue weighted by Crippen LogP contribution is 2.25. The highest BCUT2D eigenvalue weighted by atomic mass is 16.5. The normalized spacial score (nSPS) is 17.1. The van der Waals surface area contributed by atoms with Crippen LogP contribution < -0.4 is 15.5 Å². The summed E-state index contributed by atoms with van der Waals surface area (Å²) in [5, 5.41) is 6.09. The predicted octanol–water partition coefficient (Wildman–Crippen LogP) is 1.79. The first-order valence-electron chi connectivity index (χ1n) is 10.8. The third kappa shape index (κ3) is 7.63. The molecule has 2 aliphatic rings. The molecule has 2 saturated heterocycles. The van der Waals surface area contributed by atoms with Crippen LogP contribution in [0, 0.1) is 0 Å². The maximum Gasteiger partial charge on any atom is 0.251 e. The number of amides is 3. The van der Waals surface area contributed by atoms with Crippen molar-refractivity contribution < 1.29 is 19.1 Å². The Labute approximate surface area is 185 Å². The Balaban J connectivity index is 0.000000501. The largest absolute Gasteiger partial charge is 0.379 e. The number of hydrogen-bond acceptors (Lipinski definition) is 5. The molecule has 0 unspecified atom stereocenters. The Kier molecular flexibility index (Phi) is 9.00. The van der Waals surface area contributed by atoms with Crippen molar-refractivity contribution in [1.29, 1.82) is 0 Å². The van der Waals surface area contributed by atoms with Gasteiger partial charge in [0.15, 0.2) is 0 Å². The van der Waals surface area contributed by atoms with Gasteiger partial charge in [-0.25, -0.2) is 0 Å². The zero-order chi connectivity index (χ0) is 23.0. The van der Waals surface area contributed by atoms with Crippen LogP contribution in [0.2, 0.25) is 0 Å². The molecule has 0 aromatic heterocycles. The van der Waals surface area contributed by atoms with Gasteiger partial charge in [0.1, 0.15) is 0 Å². The van der Waals surface area contributed by atoms with Gasteiger partial charge in [-0.3, -0.25) is 14.4 Å². The van der Waals surface area contributed by atoms with Crippen molar-refractivity contribution in [2.45, 2.75) is 58.2 Å².